The van der Waals surface area contributed by atoms with Crippen molar-refractivity contribution in [3.8, 4) is 0 Å². The molecule has 108 valence electrons. The molecule has 0 aromatic heterocycles. The molecule has 2 aliphatic heterocycles. The van der Waals surface area contributed by atoms with Crippen molar-refractivity contribution in [3.05, 3.63) is 24.8 Å². The van der Waals surface area contributed by atoms with Gasteiger partial charge in [-0.2, -0.15) is 0 Å². The summed E-state index contributed by atoms with van der Waals surface area (Å²) in [6.07, 6.45) is 8.02. The van der Waals surface area contributed by atoms with E-state index in [1.165, 1.54) is 0 Å². The molecule has 6 nitrogen and oxygen atoms in total. The molecule has 0 atom stereocenters. The van der Waals surface area contributed by atoms with Gasteiger partial charge in [0.05, 0.1) is 32.0 Å². The standard InChI is InChI=1S/C13H24N4O2/c1-14-3-5-16(11-14)7-13(9-18,10-19)8-17-6-4-15(2)12-17/h3-6,18-19H,7-12H2,1-2H3. The Labute approximate surface area is 114 Å². The van der Waals surface area contributed by atoms with Crippen LogP contribution in [0.5, 0.6) is 0 Å². The average molecular weight is 268 g/mol. The normalized spacial score (nSPS) is 19.2. The van der Waals surface area contributed by atoms with Gasteiger partial charge >= 0.3 is 0 Å². The summed E-state index contributed by atoms with van der Waals surface area (Å²) in [4.78, 5) is 8.39. The molecular formula is C13H24N4O2. The van der Waals surface area contributed by atoms with E-state index in [0.717, 1.165) is 13.3 Å². The lowest BCUT2D eigenvalue weighted by atomic mass is 9.89. The van der Waals surface area contributed by atoms with Gasteiger partial charge in [0, 0.05) is 52.0 Å². The minimum atomic E-state index is -0.509. The average Bonchev–Trinajstić information content (AvgIpc) is 2.97. The van der Waals surface area contributed by atoms with Crippen molar-refractivity contribution in [2.75, 3.05) is 53.7 Å². The molecule has 0 aromatic rings. The van der Waals surface area contributed by atoms with Crippen molar-refractivity contribution in [1.82, 2.24) is 19.6 Å². The molecule has 2 heterocycles. The van der Waals surface area contributed by atoms with E-state index >= 15 is 0 Å². The van der Waals surface area contributed by atoms with Crippen LogP contribution in [0, 0.1) is 5.41 Å². The van der Waals surface area contributed by atoms with Crippen LogP contribution in [-0.2, 0) is 0 Å². The molecule has 0 bridgehead atoms. The maximum atomic E-state index is 9.74. The SMILES string of the molecule is CN1C=CN(CC(CO)(CO)CN2C=CN(C)C2)C1. The number of hydrogen-bond acceptors (Lipinski definition) is 6. The molecule has 0 fully saturated rings. The molecule has 0 aromatic carbocycles. The monoisotopic (exact) mass is 268 g/mol. The lowest BCUT2D eigenvalue weighted by Gasteiger charge is -2.37. The summed E-state index contributed by atoms with van der Waals surface area (Å²) < 4.78 is 0. The van der Waals surface area contributed by atoms with Gasteiger partial charge < -0.3 is 29.8 Å². The molecular weight excluding hydrogens is 244 g/mol. The van der Waals surface area contributed by atoms with Gasteiger partial charge in [-0.25, -0.2) is 0 Å². The number of hydrogen-bond donors (Lipinski definition) is 2. The van der Waals surface area contributed by atoms with Crippen molar-refractivity contribution < 1.29 is 10.2 Å². The third kappa shape index (κ3) is 3.33. The molecule has 0 saturated carbocycles. The summed E-state index contributed by atoms with van der Waals surface area (Å²) in [5.74, 6) is 0. The molecule has 0 amide bonds. The Bertz CT molecular complexity index is 325. The van der Waals surface area contributed by atoms with Crippen molar-refractivity contribution in [3.63, 3.8) is 0 Å². The first-order valence-corrected chi connectivity index (χ1v) is 6.54. The molecule has 0 spiro atoms. The van der Waals surface area contributed by atoms with Crippen LogP contribution in [0.2, 0.25) is 0 Å². The van der Waals surface area contributed by atoms with Crippen molar-refractivity contribution in [2.45, 2.75) is 0 Å². The second-order valence-electron chi connectivity index (χ2n) is 5.70. The molecule has 0 radical (unpaired) electrons. The van der Waals surface area contributed by atoms with Crippen LogP contribution in [0.3, 0.4) is 0 Å². The first-order chi connectivity index (χ1) is 9.07. The second-order valence-corrected chi connectivity index (χ2v) is 5.70. The summed E-state index contributed by atoms with van der Waals surface area (Å²) in [5, 5.41) is 19.5. The van der Waals surface area contributed by atoms with E-state index in [-0.39, 0.29) is 13.2 Å². The Hall–Kier alpha value is -1.40. The molecule has 2 aliphatic rings. The number of aliphatic hydroxyl groups excluding tert-OH is 2. The number of nitrogens with zero attached hydrogens (tertiary/aromatic N) is 4. The van der Waals surface area contributed by atoms with Gasteiger partial charge in [0.2, 0.25) is 0 Å². The third-order valence-corrected chi connectivity index (χ3v) is 3.62. The highest BCUT2D eigenvalue weighted by Crippen LogP contribution is 2.23. The van der Waals surface area contributed by atoms with Gasteiger partial charge in [-0.05, 0) is 0 Å². The Kier molecular flexibility index (Phi) is 4.21. The van der Waals surface area contributed by atoms with Gasteiger partial charge in [0.15, 0.2) is 0 Å². The smallest absolute Gasteiger partial charge is 0.0891 e. The third-order valence-electron chi connectivity index (χ3n) is 3.62. The predicted molar refractivity (Wildman–Crippen MR) is 73.6 cm³/mol. The number of rotatable bonds is 6. The summed E-state index contributed by atoms with van der Waals surface area (Å²) in [6, 6.07) is 0. The Balaban J connectivity index is 1.96. The lowest BCUT2D eigenvalue weighted by molar-refractivity contribution is 0.00806. The van der Waals surface area contributed by atoms with Crippen LogP contribution < -0.4 is 0 Å². The quantitative estimate of drug-likeness (QED) is 0.665. The van der Waals surface area contributed by atoms with Crippen LogP contribution >= 0.6 is 0 Å². The topological polar surface area (TPSA) is 53.4 Å². The van der Waals surface area contributed by atoms with Gasteiger partial charge in [0.1, 0.15) is 0 Å². The fourth-order valence-corrected chi connectivity index (χ4v) is 2.54. The van der Waals surface area contributed by atoms with E-state index in [9.17, 15) is 10.2 Å². The minimum Gasteiger partial charge on any atom is -0.396 e. The van der Waals surface area contributed by atoms with Crippen molar-refractivity contribution in [2.24, 2.45) is 5.41 Å². The lowest BCUT2D eigenvalue weighted by Crippen LogP contribution is -2.48. The first kappa shape index (κ1) is 14.0. The van der Waals surface area contributed by atoms with Crippen molar-refractivity contribution >= 4 is 0 Å². The van der Waals surface area contributed by atoms with E-state index < -0.39 is 5.41 Å². The highest BCUT2D eigenvalue weighted by atomic mass is 16.3. The van der Waals surface area contributed by atoms with Crippen LogP contribution in [0.4, 0.5) is 0 Å². The predicted octanol–water partition coefficient (Wildman–Crippen LogP) is -0.690. The van der Waals surface area contributed by atoms with Crippen LogP contribution in [0.1, 0.15) is 0 Å². The molecule has 0 unspecified atom stereocenters. The molecule has 0 aliphatic carbocycles. The molecule has 6 heteroatoms. The molecule has 2 rings (SSSR count). The Morgan fingerprint density at radius 2 is 1.26 bits per heavy atom. The van der Waals surface area contributed by atoms with E-state index in [0.29, 0.717) is 13.1 Å². The summed E-state index contributed by atoms with van der Waals surface area (Å²) in [7, 11) is 4.02. The summed E-state index contributed by atoms with van der Waals surface area (Å²) in [6.45, 7) is 2.86. The minimum absolute atomic E-state index is 0.0222. The highest BCUT2D eigenvalue weighted by Gasteiger charge is 2.34. The maximum absolute atomic E-state index is 9.74. The zero-order valence-electron chi connectivity index (χ0n) is 11.7. The maximum Gasteiger partial charge on any atom is 0.0891 e. The fraction of sp³-hybridized carbons (Fsp3) is 0.692. The Morgan fingerprint density at radius 1 is 0.842 bits per heavy atom. The van der Waals surface area contributed by atoms with E-state index in [1.807, 2.05) is 38.9 Å². The fourth-order valence-electron chi connectivity index (χ4n) is 2.54. The highest BCUT2D eigenvalue weighted by molar-refractivity contribution is 4.97. The van der Waals surface area contributed by atoms with Crippen LogP contribution in [0.15, 0.2) is 24.8 Å². The number of aliphatic hydroxyl groups is 2. The van der Waals surface area contributed by atoms with E-state index in [1.54, 1.807) is 0 Å². The van der Waals surface area contributed by atoms with Crippen molar-refractivity contribution in [1.29, 1.82) is 0 Å². The summed E-state index contributed by atoms with van der Waals surface area (Å²) in [5.41, 5.74) is -0.509. The van der Waals surface area contributed by atoms with Gasteiger partial charge in [-0.1, -0.05) is 0 Å². The zero-order chi connectivity index (χ0) is 13.9. The molecule has 0 saturated heterocycles. The van der Waals surface area contributed by atoms with Gasteiger partial charge in [-0.3, -0.25) is 0 Å². The Morgan fingerprint density at radius 3 is 1.53 bits per heavy atom. The summed E-state index contributed by atoms with van der Waals surface area (Å²) >= 11 is 0. The second kappa shape index (κ2) is 5.71. The van der Waals surface area contributed by atoms with Gasteiger partial charge in [0.25, 0.3) is 0 Å². The molecule has 19 heavy (non-hydrogen) atoms. The molecule has 2 N–H and O–H groups in total. The largest absolute Gasteiger partial charge is 0.396 e. The van der Waals surface area contributed by atoms with Gasteiger partial charge in [-0.15, -0.1) is 0 Å². The van der Waals surface area contributed by atoms with E-state index in [2.05, 4.69) is 19.6 Å². The van der Waals surface area contributed by atoms with Crippen LogP contribution in [-0.4, -0.2) is 83.5 Å². The zero-order valence-corrected chi connectivity index (χ0v) is 11.7. The van der Waals surface area contributed by atoms with E-state index in [4.69, 9.17) is 0 Å². The van der Waals surface area contributed by atoms with Crippen LogP contribution in [0.25, 0.3) is 0 Å². The first-order valence-electron chi connectivity index (χ1n) is 6.54.